The predicted octanol–water partition coefficient (Wildman–Crippen LogP) is 18.8. The molecule has 0 unspecified atom stereocenters. The van der Waals surface area contributed by atoms with Gasteiger partial charge in [0.2, 0.25) is 0 Å². The summed E-state index contributed by atoms with van der Waals surface area (Å²) in [5, 5.41) is 5.15. The van der Waals surface area contributed by atoms with E-state index < -0.39 is 0 Å². The largest absolute Gasteiger partial charge is 0.309 e. The van der Waals surface area contributed by atoms with Gasteiger partial charge < -0.3 is 4.57 Å². The smallest absolute Gasteiger partial charge is 0.0541 e. The highest BCUT2D eigenvalue weighted by molar-refractivity contribution is 7.25. The molecule has 318 valence electrons. The summed E-state index contributed by atoms with van der Waals surface area (Å²) >= 11 is 1.87. The normalized spacial score (nSPS) is 11.5. The van der Waals surface area contributed by atoms with Gasteiger partial charge in [-0.05, 0) is 157 Å². The molecule has 2 aromatic heterocycles. The van der Waals surface area contributed by atoms with Gasteiger partial charge in [-0.2, -0.15) is 0 Å². The zero-order chi connectivity index (χ0) is 45.0. The lowest BCUT2D eigenvalue weighted by Gasteiger charge is -2.11. The van der Waals surface area contributed by atoms with E-state index in [0.717, 1.165) is 0 Å². The fraction of sp³-hybridized carbons (Fsp3) is 0. The van der Waals surface area contributed by atoms with Crippen molar-refractivity contribution in [2.24, 2.45) is 0 Å². The standard InChI is InChI=1S/C66H43NS/c1-2-13-44(14-3-1)46-15-8-16-47(37-46)48-17-9-18-49(38-48)50-19-10-20-51(39-50)52-21-11-22-53(40-52)54-23-12-24-55(41-54)57-32-36-66-62(43-57)61-42-56(31-35-65(61)68-66)45-29-33-58(34-30-45)67-63-27-6-4-25-59(63)60-26-5-7-28-64(60)67/h1-43H. The van der Waals surface area contributed by atoms with Crippen molar-refractivity contribution in [2.75, 3.05) is 0 Å². The van der Waals surface area contributed by atoms with Crippen molar-refractivity contribution < 1.29 is 0 Å². The van der Waals surface area contributed by atoms with Crippen LogP contribution in [0.3, 0.4) is 0 Å². The lowest BCUT2D eigenvalue weighted by atomic mass is 9.93. The van der Waals surface area contributed by atoms with Gasteiger partial charge in [-0.15, -0.1) is 11.3 Å². The summed E-state index contributed by atoms with van der Waals surface area (Å²) in [6, 6.07) is 95.6. The third-order valence-electron chi connectivity index (χ3n) is 13.6. The second-order valence-electron chi connectivity index (χ2n) is 17.7. The zero-order valence-corrected chi connectivity index (χ0v) is 38.0. The maximum atomic E-state index is 2.39. The zero-order valence-electron chi connectivity index (χ0n) is 37.2. The summed E-state index contributed by atoms with van der Waals surface area (Å²) in [4.78, 5) is 0. The highest BCUT2D eigenvalue weighted by Crippen LogP contribution is 2.40. The number of hydrogen-bond donors (Lipinski definition) is 0. The van der Waals surface area contributed by atoms with E-state index in [1.807, 2.05) is 11.3 Å². The summed E-state index contributed by atoms with van der Waals surface area (Å²) in [5.41, 5.74) is 20.6. The molecule has 0 aliphatic carbocycles. The van der Waals surface area contributed by atoms with E-state index >= 15 is 0 Å². The summed E-state index contributed by atoms with van der Waals surface area (Å²) in [6.45, 7) is 0. The Morgan fingerprint density at radius 3 is 0.912 bits per heavy atom. The fourth-order valence-corrected chi connectivity index (χ4v) is 11.2. The monoisotopic (exact) mass is 881 g/mol. The molecule has 0 bridgehead atoms. The molecule has 11 aromatic carbocycles. The molecule has 13 aromatic rings. The molecule has 13 rings (SSSR count). The van der Waals surface area contributed by atoms with E-state index in [1.54, 1.807) is 0 Å². The molecule has 1 nitrogen and oxygen atoms in total. The van der Waals surface area contributed by atoms with Gasteiger partial charge in [0.15, 0.2) is 0 Å². The van der Waals surface area contributed by atoms with Crippen LogP contribution in [0.1, 0.15) is 0 Å². The molecule has 0 N–H and O–H groups in total. The molecule has 0 spiro atoms. The van der Waals surface area contributed by atoms with Gasteiger partial charge in [0.05, 0.1) is 11.0 Å². The van der Waals surface area contributed by atoms with Crippen molar-refractivity contribution in [1.82, 2.24) is 4.57 Å². The van der Waals surface area contributed by atoms with Gasteiger partial charge in [-0.3, -0.25) is 0 Å². The summed E-state index contributed by atoms with van der Waals surface area (Å²) < 4.78 is 4.99. The number of rotatable bonds is 8. The Morgan fingerprint density at radius 1 is 0.206 bits per heavy atom. The number of aromatic nitrogens is 1. The van der Waals surface area contributed by atoms with Gasteiger partial charge in [0, 0.05) is 36.6 Å². The minimum Gasteiger partial charge on any atom is -0.309 e. The molecule has 0 aliphatic rings. The van der Waals surface area contributed by atoms with Crippen LogP contribution in [-0.2, 0) is 0 Å². The number of benzene rings is 11. The second kappa shape index (κ2) is 16.7. The van der Waals surface area contributed by atoms with Crippen LogP contribution in [0.4, 0.5) is 0 Å². The maximum Gasteiger partial charge on any atom is 0.0541 e. The number of fused-ring (bicyclic) bond motifs is 6. The highest BCUT2D eigenvalue weighted by atomic mass is 32.1. The first-order valence-electron chi connectivity index (χ1n) is 23.3. The third kappa shape index (κ3) is 7.20. The van der Waals surface area contributed by atoms with Crippen LogP contribution in [0.15, 0.2) is 261 Å². The van der Waals surface area contributed by atoms with Gasteiger partial charge in [-0.25, -0.2) is 0 Å². The Labute approximate surface area is 400 Å². The van der Waals surface area contributed by atoms with Crippen molar-refractivity contribution in [2.45, 2.75) is 0 Å². The molecule has 0 atom stereocenters. The molecular weight excluding hydrogens is 839 g/mol. The maximum absolute atomic E-state index is 2.39. The topological polar surface area (TPSA) is 4.93 Å². The molecule has 0 amide bonds. The molecule has 0 aliphatic heterocycles. The summed E-state index contributed by atoms with van der Waals surface area (Å²) in [6.07, 6.45) is 0. The lowest BCUT2D eigenvalue weighted by Crippen LogP contribution is -1.93. The second-order valence-corrected chi connectivity index (χ2v) is 18.8. The van der Waals surface area contributed by atoms with Crippen LogP contribution in [0.2, 0.25) is 0 Å². The van der Waals surface area contributed by atoms with Crippen LogP contribution < -0.4 is 0 Å². The van der Waals surface area contributed by atoms with E-state index in [4.69, 9.17) is 0 Å². The van der Waals surface area contributed by atoms with Gasteiger partial charge in [0.25, 0.3) is 0 Å². The fourth-order valence-electron chi connectivity index (χ4n) is 10.2. The van der Waals surface area contributed by atoms with Gasteiger partial charge in [0.1, 0.15) is 0 Å². The number of nitrogens with zero attached hydrogens (tertiary/aromatic N) is 1. The van der Waals surface area contributed by atoms with Crippen LogP contribution in [-0.4, -0.2) is 4.57 Å². The van der Waals surface area contributed by atoms with E-state index in [0.29, 0.717) is 0 Å². The highest BCUT2D eigenvalue weighted by Gasteiger charge is 2.14. The van der Waals surface area contributed by atoms with Crippen molar-refractivity contribution in [1.29, 1.82) is 0 Å². The average Bonchev–Trinajstić information content (AvgIpc) is 3.96. The van der Waals surface area contributed by atoms with Crippen molar-refractivity contribution in [3.05, 3.63) is 261 Å². The Balaban J connectivity index is 0.781. The van der Waals surface area contributed by atoms with Crippen LogP contribution >= 0.6 is 11.3 Å². The van der Waals surface area contributed by atoms with Crippen molar-refractivity contribution in [3.8, 4) is 83.6 Å². The Hall–Kier alpha value is -8.56. The van der Waals surface area contributed by atoms with E-state index in [1.165, 1.54) is 126 Å². The minimum absolute atomic E-state index is 1.17. The van der Waals surface area contributed by atoms with Crippen LogP contribution in [0.5, 0.6) is 0 Å². The lowest BCUT2D eigenvalue weighted by molar-refractivity contribution is 1.18. The Morgan fingerprint density at radius 2 is 0.500 bits per heavy atom. The number of thiophene rings is 1. The van der Waals surface area contributed by atoms with E-state index in [2.05, 4.69) is 265 Å². The predicted molar refractivity (Wildman–Crippen MR) is 292 cm³/mol. The van der Waals surface area contributed by atoms with Gasteiger partial charge >= 0.3 is 0 Å². The Bertz CT molecular complexity index is 3970. The SMILES string of the molecule is c1ccc(-c2cccc(-c3cccc(-c4cccc(-c5cccc(-c6cccc(-c7ccc8sc9ccc(-c%10ccc(-n%11c%12ccccc%12c%12ccccc%12%11)cc%10)cc9c8c7)c6)c5)c4)c3)c2)cc1. The Kier molecular flexibility index (Phi) is 9.77. The van der Waals surface area contributed by atoms with Crippen LogP contribution in [0.25, 0.3) is 126 Å². The summed E-state index contributed by atoms with van der Waals surface area (Å²) in [5.74, 6) is 0. The molecule has 2 heteroatoms. The van der Waals surface area contributed by atoms with Crippen LogP contribution in [0, 0.1) is 0 Å². The quantitative estimate of drug-likeness (QED) is 0.143. The molecule has 2 heterocycles. The molecule has 0 saturated heterocycles. The minimum atomic E-state index is 1.17. The van der Waals surface area contributed by atoms with Crippen molar-refractivity contribution >= 4 is 53.3 Å². The third-order valence-corrected chi connectivity index (χ3v) is 14.7. The molecule has 0 saturated carbocycles. The van der Waals surface area contributed by atoms with E-state index in [9.17, 15) is 0 Å². The molecule has 0 radical (unpaired) electrons. The van der Waals surface area contributed by atoms with E-state index in [-0.39, 0.29) is 0 Å². The van der Waals surface area contributed by atoms with Gasteiger partial charge in [-0.1, -0.05) is 182 Å². The molecule has 68 heavy (non-hydrogen) atoms. The first-order chi connectivity index (χ1) is 33.7. The summed E-state index contributed by atoms with van der Waals surface area (Å²) in [7, 11) is 0. The average molecular weight is 882 g/mol. The molecule has 0 fully saturated rings. The number of para-hydroxylation sites is 2. The first kappa shape index (κ1) is 39.8. The number of hydrogen-bond acceptors (Lipinski definition) is 1. The van der Waals surface area contributed by atoms with Crippen molar-refractivity contribution in [3.63, 3.8) is 0 Å². The molecular formula is C66H43NS. The first-order valence-corrected chi connectivity index (χ1v) is 24.1.